The van der Waals surface area contributed by atoms with Crippen LogP contribution in [0.1, 0.15) is 33.0 Å². The lowest BCUT2D eigenvalue weighted by atomic mass is 10.1. The zero-order valence-corrected chi connectivity index (χ0v) is 16.7. The number of rotatable bonds is 8. The van der Waals surface area contributed by atoms with Crippen molar-refractivity contribution in [3.8, 4) is 11.8 Å². The average Bonchev–Trinajstić information content (AvgIpc) is 3.38. The van der Waals surface area contributed by atoms with Crippen LogP contribution in [0.25, 0.3) is 10.9 Å². The lowest BCUT2D eigenvalue weighted by Gasteiger charge is -2.08. The zero-order chi connectivity index (χ0) is 21.8. The molecule has 7 heteroatoms. The highest BCUT2D eigenvalue weighted by Crippen LogP contribution is 2.28. The zero-order valence-electron chi connectivity index (χ0n) is 16.7. The van der Waals surface area contributed by atoms with E-state index in [4.69, 9.17) is 25.3 Å². The monoisotopic (exact) mass is 415 g/mol. The van der Waals surface area contributed by atoms with Gasteiger partial charge < -0.3 is 24.6 Å². The first kappa shape index (κ1) is 20.3. The quantitative estimate of drug-likeness (QED) is 0.451. The van der Waals surface area contributed by atoms with Crippen LogP contribution in [0.5, 0.6) is 5.75 Å². The molecule has 0 radical (unpaired) electrons. The van der Waals surface area contributed by atoms with E-state index in [1.54, 1.807) is 12.1 Å². The van der Waals surface area contributed by atoms with Gasteiger partial charge in [-0.05, 0) is 66.6 Å². The van der Waals surface area contributed by atoms with Gasteiger partial charge in [-0.15, -0.1) is 0 Å². The summed E-state index contributed by atoms with van der Waals surface area (Å²) in [6.45, 7) is 1.28. The van der Waals surface area contributed by atoms with Crippen molar-refractivity contribution in [1.82, 2.24) is 4.57 Å². The number of fused-ring (bicyclic) bond motifs is 1. The fourth-order valence-electron chi connectivity index (χ4n) is 3.57. The maximum Gasteiger partial charge on any atom is 0.371 e. The summed E-state index contributed by atoms with van der Waals surface area (Å²) >= 11 is 0. The van der Waals surface area contributed by atoms with E-state index < -0.39 is 5.97 Å². The van der Waals surface area contributed by atoms with Gasteiger partial charge in [0.25, 0.3) is 0 Å². The summed E-state index contributed by atoms with van der Waals surface area (Å²) in [5.41, 5.74) is 9.39. The molecule has 0 aliphatic carbocycles. The highest BCUT2D eigenvalue weighted by atomic mass is 16.5. The Morgan fingerprint density at radius 3 is 2.81 bits per heavy atom. The van der Waals surface area contributed by atoms with Crippen molar-refractivity contribution in [2.75, 3.05) is 6.54 Å². The molecular weight excluding hydrogens is 394 g/mol. The minimum absolute atomic E-state index is 0.0789. The van der Waals surface area contributed by atoms with E-state index in [2.05, 4.69) is 6.07 Å². The van der Waals surface area contributed by atoms with Crippen LogP contribution in [-0.2, 0) is 19.6 Å². The standard InChI is InChI=1S/C24H21N3O4/c25-9-8-18-13-27(14-20-5-7-23(31-20)24(28)29)22-6-4-19(11-21(18)22)30-15-17-3-1-2-16(10-17)12-26/h1-7,10-11,13H,8-9,14-15,25H2,(H,28,29). The van der Waals surface area contributed by atoms with Crippen molar-refractivity contribution in [2.24, 2.45) is 5.73 Å². The lowest BCUT2D eigenvalue weighted by Crippen LogP contribution is -2.02. The van der Waals surface area contributed by atoms with Gasteiger partial charge in [-0.2, -0.15) is 5.26 Å². The summed E-state index contributed by atoms with van der Waals surface area (Å²) in [7, 11) is 0. The number of ether oxygens (including phenoxy) is 1. The van der Waals surface area contributed by atoms with E-state index in [1.807, 2.05) is 47.2 Å². The maximum atomic E-state index is 11.1. The Kier molecular flexibility index (Phi) is 5.74. The minimum Gasteiger partial charge on any atom is -0.489 e. The highest BCUT2D eigenvalue weighted by molar-refractivity contribution is 5.86. The molecule has 3 N–H and O–H groups in total. The van der Waals surface area contributed by atoms with E-state index >= 15 is 0 Å². The number of carboxylic acids is 1. The predicted octanol–water partition coefficient (Wildman–Crippen LogP) is 3.93. The summed E-state index contributed by atoms with van der Waals surface area (Å²) in [5.74, 6) is 0.114. The number of hydrogen-bond donors (Lipinski definition) is 2. The van der Waals surface area contributed by atoms with E-state index in [9.17, 15) is 4.79 Å². The molecule has 4 aromatic rings. The van der Waals surface area contributed by atoms with E-state index in [1.165, 1.54) is 6.07 Å². The van der Waals surface area contributed by atoms with E-state index in [0.29, 0.717) is 37.4 Å². The molecule has 0 fully saturated rings. The topological polar surface area (TPSA) is 114 Å². The Morgan fingerprint density at radius 1 is 1.19 bits per heavy atom. The van der Waals surface area contributed by atoms with Gasteiger partial charge >= 0.3 is 5.97 Å². The summed E-state index contributed by atoms with van der Waals surface area (Å²) in [4.78, 5) is 11.1. The Labute approximate surface area is 178 Å². The average molecular weight is 415 g/mol. The Hall–Kier alpha value is -4.02. The van der Waals surface area contributed by atoms with E-state index in [-0.39, 0.29) is 5.76 Å². The van der Waals surface area contributed by atoms with Crippen LogP contribution in [0, 0.1) is 11.3 Å². The number of benzene rings is 2. The molecule has 0 unspecified atom stereocenters. The van der Waals surface area contributed by atoms with Crippen LogP contribution < -0.4 is 10.5 Å². The number of aromatic nitrogens is 1. The second-order valence-corrected chi connectivity index (χ2v) is 7.17. The van der Waals surface area contributed by atoms with Crippen molar-refractivity contribution in [3.05, 3.63) is 89.0 Å². The number of hydrogen-bond acceptors (Lipinski definition) is 5. The molecule has 0 saturated heterocycles. The molecular formula is C24H21N3O4. The fraction of sp³-hybridized carbons (Fsp3) is 0.167. The second-order valence-electron chi connectivity index (χ2n) is 7.17. The van der Waals surface area contributed by atoms with E-state index in [0.717, 1.165) is 27.8 Å². The Bertz CT molecular complexity index is 1280. The number of nitrogens with two attached hydrogens (primary N) is 1. The number of nitrogens with zero attached hydrogens (tertiary/aromatic N) is 2. The van der Waals surface area contributed by atoms with Gasteiger partial charge in [0.15, 0.2) is 0 Å². The van der Waals surface area contributed by atoms with Gasteiger partial charge in [0, 0.05) is 17.1 Å². The van der Waals surface area contributed by atoms with Crippen molar-refractivity contribution >= 4 is 16.9 Å². The summed E-state index contributed by atoms with van der Waals surface area (Å²) in [6, 6.07) is 18.4. The smallest absolute Gasteiger partial charge is 0.371 e. The summed E-state index contributed by atoms with van der Waals surface area (Å²) < 4.78 is 13.4. The maximum absolute atomic E-state index is 11.1. The van der Waals surface area contributed by atoms with Crippen LogP contribution in [0.4, 0.5) is 0 Å². The van der Waals surface area contributed by atoms with Gasteiger partial charge in [0.2, 0.25) is 5.76 Å². The first-order chi connectivity index (χ1) is 15.1. The van der Waals surface area contributed by atoms with Gasteiger partial charge in [-0.1, -0.05) is 12.1 Å². The Morgan fingerprint density at radius 2 is 2.06 bits per heavy atom. The molecule has 0 bridgehead atoms. The van der Waals surface area contributed by atoms with Crippen molar-refractivity contribution in [3.63, 3.8) is 0 Å². The molecule has 7 nitrogen and oxygen atoms in total. The van der Waals surface area contributed by atoms with Gasteiger partial charge in [-0.25, -0.2) is 4.79 Å². The number of nitriles is 1. The molecule has 0 saturated carbocycles. The third kappa shape index (κ3) is 4.44. The van der Waals surface area contributed by atoms with Crippen LogP contribution in [0.2, 0.25) is 0 Å². The second kappa shape index (κ2) is 8.78. The summed E-state index contributed by atoms with van der Waals surface area (Å²) in [6.07, 6.45) is 2.72. The van der Waals surface area contributed by atoms with Gasteiger partial charge in [0.05, 0.1) is 18.2 Å². The molecule has 156 valence electrons. The largest absolute Gasteiger partial charge is 0.489 e. The van der Waals surface area contributed by atoms with Gasteiger partial charge in [0.1, 0.15) is 18.1 Å². The van der Waals surface area contributed by atoms with Crippen LogP contribution in [-0.4, -0.2) is 22.2 Å². The van der Waals surface area contributed by atoms with Crippen molar-refractivity contribution in [1.29, 1.82) is 5.26 Å². The number of carbonyl (C=O) groups is 1. The van der Waals surface area contributed by atoms with Gasteiger partial charge in [-0.3, -0.25) is 0 Å². The minimum atomic E-state index is -1.09. The predicted molar refractivity (Wildman–Crippen MR) is 115 cm³/mol. The molecule has 31 heavy (non-hydrogen) atoms. The Balaban J connectivity index is 1.59. The fourth-order valence-corrected chi connectivity index (χ4v) is 3.57. The summed E-state index contributed by atoms with van der Waals surface area (Å²) in [5, 5.41) is 19.1. The van der Waals surface area contributed by atoms with Crippen molar-refractivity contribution < 1.29 is 19.1 Å². The third-order valence-corrected chi connectivity index (χ3v) is 5.01. The molecule has 0 aliphatic rings. The van der Waals surface area contributed by atoms with Crippen LogP contribution >= 0.6 is 0 Å². The number of carboxylic acid groups (broad SMARTS) is 1. The molecule has 2 aromatic carbocycles. The van der Waals surface area contributed by atoms with Crippen molar-refractivity contribution in [2.45, 2.75) is 19.6 Å². The molecule has 0 amide bonds. The van der Waals surface area contributed by atoms with Crippen LogP contribution in [0.3, 0.4) is 0 Å². The molecule has 0 atom stereocenters. The molecule has 2 heterocycles. The third-order valence-electron chi connectivity index (χ3n) is 5.01. The molecule has 2 aromatic heterocycles. The normalized spacial score (nSPS) is 10.8. The lowest BCUT2D eigenvalue weighted by molar-refractivity contribution is 0.0660. The first-order valence-electron chi connectivity index (χ1n) is 9.83. The number of furan rings is 1. The first-order valence-corrected chi connectivity index (χ1v) is 9.83. The SMILES string of the molecule is N#Cc1cccc(COc2ccc3c(c2)c(CCN)cn3Cc2ccc(C(=O)O)o2)c1. The number of aromatic carboxylic acids is 1. The molecule has 0 spiro atoms. The molecule has 0 aliphatic heterocycles. The van der Waals surface area contributed by atoms with Crippen LogP contribution in [0.15, 0.2) is 65.2 Å². The molecule has 4 rings (SSSR count). The highest BCUT2D eigenvalue weighted by Gasteiger charge is 2.13.